The molecule has 0 bridgehead atoms. The fourth-order valence-electron chi connectivity index (χ4n) is 2.47. The van der Waals surface area contributed by atoms with Gasteiger partial charge in [0.05, 0.1) is 4.90 Å². The van der Waals surface area contributed by atoms with E-state index in [2.05, 4.69) is 20.0 Å². The van der Waals surface area contributed by atoms with Crippen LogP contribution in [0.3, 0.4) is 0 Å². The maximum Gasteiger partial charge on any atom is 0.263 e. The van der Waals surface area contributed by atoms with E-state index in [0.29, 0.717) is 10.7 Å². The van der Waals surface area contributed by atoms with E-state index in [0.717, 1.165) is 4.88 Å². The van der Waals surface area contributed by atoms with E-state index in [9.17, 15) is 13.2 Å². The van der Waals surface area contributed by atoms with Crippen molar-refractivity contribution in [1.82, 2.24) is 9.71 Å². The van der Waals surface area contributed by atoms with Crippen LogP contribution in [0.2, 0.25) is 0 Å². The molecule has 3 rings (SSSR count). The molecular weight excluding hydrogens is 360 g/mol. The first-order valence-electron chi connectivity index (χ1n) is 7.71. The molecule has 0 saturated heterocycles. The average Bonchev–Trinajstić information content (AvgIpc) is 3.06. The zero-order valence-corrected chi connectivity index (χ0v) is 15.6. The second-order valence-corrected chi connectivity index (χ2v) is 8.92. The molecule has 2 N–H and O–H groups in total. The molecule has 0 radical (unpaired) electrons. The molecule has 1 aromatic heterocycles. The number of nitrogens with one attached hydrogen (secondary N) is 2. The van der Waals surface area contributed by atoms with Gasteiger partial charge < -0.3 is 5.32 Å². The lowest BCUT2D eigenvalue weighted by Gasteiger charge is -2.16. The van der Waals surface area contributed by atoms with E-state index in [4.69, 9.17) is 0 Å². The number of aryl methyl sites for hydroxylation is 1. The van der Waals surface area contributed by atoms with Gasteiger partial charge in [0.15, 0.2) is 5.13 Å². The maximum atomic E-state index is 12.6. The van der Waals surface area contributed by atoms with Gasteiger partial charge in [0.1, 0.15) is 11.9 Å². The van der Waals surface area contributed by atoms with Gasteiger partial charge in [-0.25, -0.2) is 13.4 Å². The van der Waals surface area contributed by atoms with Crippen LogP contribution in [-0.4, -0.2) is 31.2 Å². The first-order chi connectivity index (χ1) is 11.8. The fraction of sp³-hybridized carbons (Fsp3) is 0.312. The number of hydrogen-bond donors (Lipinski definition) is 2. The molecule has 0 saturated carbocycles. The Morgan fingerprint density at radius 3 is 2.68 bits per heavy atom. The molecule has 0 fully saturated rings. The molecule has 1 aromatic carbocycles. The molecule has 1 amide bonds. The van der Waals surface area contributed by atoms with Crippen molar-refractivity contribution < 1.29 is 13.2 Å². The average molecular weight is 378 g/mol. The smallest absolute Gasteiger partial charge is 0.263 e. The monoisotopic (exact) mass is 378 g/mol. The highest BCUT2D eigenvalue weighted by Gasteiger charge is 2.32. The predicted octanol–water partition coefficient (Wildman–Crippen LogP) is 2.15. The zero-order chi connectivity index (χ0) is 18.2. The van der Waals surface area contributed by atoms with Crippen molar-refractivity contribution in [3.8, 4) is 0 Å². The first-order valence-corrected chi connectivity index (χ1v) is 10.0. The molecule has 1 aliphatic heterocycles. The number of benzene rings is 1. The summed E-state index contributed by atoms with van der Waals surface area (Å²) in [6.07, 6.45) is 1.68. The van der Waals surface area contributed by atoms with Gasteiger partial charge in [-0.1, -0.05) is 26.0 Å². The number of fused-ring (bicyclic) bond motifs is 1. The molecule has 2 heterocycles. The third-order valence-electron chi connectivity index (χ3n) is 3.68. The number of carbonyl (C=O) groups excluding carboxylic acids is 1. The van der Waals surface area contributed by atoms with Gasteiger partial charge in [0.25, 0.3) is 15.9 Å². The van der Waals surface area contributed by atoms with Gasteiger partial charge in [-0.3, -0.25) is 14.5 Å². The minimum Gasteiger partial charge on any atom is -0.300 e. The number of thiazole rings is 1. The van der Waals surface area contributed by atoms with Gasteiger partial charge in [-0.2, -0.15) is 0 Å². The SMILES string of the molecule is Cc1cnc(NC(=O)[C@@H](N=C2NS(=O)(=O)c3ccccc32)C(C)C)s1. The second-order valence-electron chi connectivity index (χ2n) is 6.03. The fourth-order valence-corrected chi connectivity index (χ4v) is 4.38. The number of sulfonamides is 1. The van der Waals surface area contributed by atoms with Gasteiger partial charge in [0, 0.05) is 16.6 Å². The van der Waals surface area contributed by atoms with Crippen LogP contribution in [0.15, 0.2) is 40.4 Å². The Balaban J connectivity index is 1.92. The number of hydrogen-bond acceptors (Lipinski definition) is 6. The van der Waals surface area contributed by atoms with Gasteiger partial charge in [-0.15, -0.1) is 11.3 Å². The summed E-state index contributed by atoms with van der Waals surface area (Å²) >= 11 is 1.37. The Morgan fingerprint density at radius 1 is 1.32 bits per heavy atom. The summed E-state index contributed by atoms with van der Waals surface area (Å²) in [7, 11) is -3.63. The van der Waals surface area contributed by atoms with Crippen molar-refractivity contribution in [2.75, 3.05) is 5.32 Å². The molecule has 9 heteroatoms. The van der Waals surface area contributed by atoms with Crippen LogP contribution < -0.4 is 10.0 Å². The van der Waals surface area contributed by atoms with E-state index in [-0.39, 0.29) is 22.6 Å². The van der Waals surface area contributed by atoms with Crippen LogP contribution >= 0.6 is 11.3 Å². The van der Waals surface area contributed by atoms with E-state index in [1.54, 1.807) is 24.4 Å². The van der Waals surface area contributed by atoms with Gasteiger partial charge in [0.2, 0.25) is 0 Å². The second kappa shape index (κ2) is 6.57. The highest BCUT2D eigenvalue weighted by Crippen LogP contribution is 2.24. The van der Waals surface area contributed by atoms with Crippen LogP contribution in [0.5, 0.6) is 0 Å². The van der Waals surface area contributed by atoms with E-state index >= 15 is 0 Å². The number of carbonyl (C=O) groups is 1. The summed E-state index contributed by atoms with van der Waals surface area (Å²) in [5, 5.41) is 3.25. The van der Waals surface area contributed by atoms with Crippen molar-refractivity contribution in [3.05, 3.63) is 40.9 Å². The van der Waals surface area contributed by atoms with E-state index in [1.807, 2.05) is 20.8 Å². The minimum absolute atomic E-state index is 0.120. The van der Waals surface area contributed by atoms with E-state index < -0.39 is 16.1 Å². The number of nitrogens with zero attached hydrogens (tertiary/aromatic N) is 2. The molecule has 2 aromatic rings. The predicted molar refractivity (Wildman–Crippen MR) is 97.4 cm³/mol. The van der Waals surface area contributed by atoms with Crippen LogP contribution in [0.4, 0.5) is 5.13 Å². The lowest BCUT2D eigenvalue weighted by atomic mass is 10.0. The largest absolute Gasteiger partial charge is 0.300 e. The van der Waals surface area contributed by atoms with Crippen molar-refractivity contribution in [2.45, 2.75) is 31.7 Å². The third-order valence-corrected chi connectivity index (χ3v) is 5.91. The summed E-state index contributed by atoms with van der Waals surface area (Å²) < 4.78 is 26.8. The summed E-state index contributed by atoms with van der Waals surface area (Å²) in [4.78, 5) is 22.3. The van der Waals surface area contributed by atoms with Crippen molar-refractivity contribution >= 4 is 38.2 Å². The molecule has 7 nitrogen and oxygen atoms in total. The number of rotatable bonds is 4. The number of amidine groups is 1. The summed E-state index contributed by atoms with van der Waals surface area (Å²) in [5.41, 5.74) is 0.478. The highest BCUT2D eigenvalue weighted by atomic mass is 32.2. The number of anilines is 1. The molecular formula is C16H18N4O3S2. The molecule has 132 valence electrons. The topological polar surface area (TPSA) is 101 Å². The molecule has 0 unspecified atom stereocenters. The molecule has 0 spiro atoms. The Labute approximate surface area is 150 Å². The molecule has 0 aliphatic carbocycles. The standard InChI is InChI=1S/C16H18N4O3S2/c1-9(2)13(15(21)19-16-17-8-10(3)24-16)18-14-11-6-4-5-7-12(11)25(22,23)20-14/h4-9,13H,1-3H3,(H,18,20)(H,17,19,21)/t13-/m0/s1. The van der Waals surface area contributed by atoms with Crippen LogP contribution in [0.1, 0.15) is 24.3 Å². The van der Waals surface area contributed by atoms with Crippen LogP contribution in [0.25, 0.3) is 0 Å². The zero-order valence-electron chi connectivity index (χ0n) is 14.0. The van der Waals surface area contributed by atoms with E-state index in [1.165, 1.54) is 17.4 Å². The lowest BCUT2D eigenvalue weighted by molar-refractivity contribution is -0.118. The summed E-state index contributed by atoms with van der Waals surface area (Å²) in [6.45, 7) is 5.62. The molecule has 1 aliphatic rings. The number of aliphatic imine (C=N–C) groups is 1. The highest BCUT2D eigenvalue weighted by molar-refractivity contribution is 7.90. The summed E-state index contributed by atoms with van der Waals surface area (Å²) in [6, 6.07) is 5.83. The van der Waals surface area contributed by atoms with Crippen LogP contribution in [-0.2, 0) is 14.8 Å². The Kier molecular flexibility index (Phi) is 4.61. The Hall–Kier alpha value is -2.26. The molecule has 1 atom stereocenters. The van der Waals surface area contributed by atoms with Crippen molar-refractivity contribution in [1.29, 1.82) is 0 Å². The lowest BCUT2D eigenvalue weighted by Crippen LogP contribution is -2.34. The maximum absolute atomic E-state index is 12.6. The third kappa shape index (κ3) is 3.57. The van der Waals surface area contributed by atoms with Crippen molar-refractivity contribution in [3.63, 3.8) is 0 Å². The summed E-state index contributed by atoms with van der Waals surface area (Å²) in [5.74, 6) is -0.244. The first kappa shape index (κ1) is 17.6. The van der Waals surface area contributed by atoms with Gasteiger partial charge >= 0.3 is 0 Å². The minimum atomic E-state index is -3.63. The van der Waals surface area contributed by atoms with Gasteiger partial charge in [-0.05, 0) is 25.0 Å². The van der Waals surface area contributed by atoms with Crippen molar-refractivity contribution in [2.24, 2.45) is 10.9 Å². The van der Waals surface area contributed by atoms with Crippen LogP contribution in [0, 0.1) is 12.8 Å². The number of amides is 1. The number of aromatic nitrogens is 1. The Morgan fingerprint density at radius 2 is 2.04 bits per heavy atom. The molecule has 25 heavy (non-hydrogen) atoms. The Bertz CT molecular complexity index is 948. The normalized spacial score (nSPS) is 18.0. The quantitative estimate of drug-likeness (QED) is 0.851.